The molecule has 0 aliphatic carbocycles. The molecule has 0 spiro atoms. The van der Waals surface area contributed by atoms with E-state index in [2.05, 4.69) is 11.8 Å². The summed E-state index contributed by atoms with van der Waals surface area (Å²) in [6, 6.07) is 2.96. The zero-order valence-electron chi connectivity index (χ0n) is 15.6. The quantitative estimate of drug-likeness (QED) is 0.400. The Labute approximate surface area is 153 Å². The summed E-state index contributed by atoms with van der Waals surface area (Å²) in [6.45, 7) is 8.67. The molecule has 1 aliphatic rings. The molecule has 7 heteroatoms. The van der Waals surface area contributed by atoms with E-state index in [1.54, 1.807) is 13.0 Å². The minimum atomic E-state index is -0.477. The number of nitrogens with zero attached hydrogens (tertiary/aromatic N) is 2. The summed E-state index contributed by atoms with van der Waals surface area (Å²) >= 11 is 0. The van der Waals surface area contributed by atoms with Crippen LogP contribution in [0.3, 0.4) is 0 Å². The lowest BCUT2D eigenvalue weighted by atomic mass is 9.99. The van der Waals surface area contributed by atoms with Crippen molar-refractivity contribution in [2.75, 3.05) is 32.8 Å². The molecule has 0 amide bonds. The highest BCUT2D eigenvalue weighted by atomic mass is 16.6. The lowest BCUT2D eigenvalue weighted by Crippen LogP contribution is -2.36. The molecule has 7 nitrogen and oxygen atoms in total. The molecule has 0 saturated carbocycles. The van der Waals surface area contributed by atoms with Crippen LogP contribution in [0.15, 0.2) is 17.7 Å². The van der Waals surface area contributed by atoms with Crippen LogP contribution in [0.4, 0.5) is 5.69 Å². The average molecular weight is 362 g/mol. The average Bonchev–Trinajstić information content (AvgIpc) is 2.60. The highest BCUT2D eigenvalue weighted by Gasteiger charge is 2.23. The molecule has 0 radical (unpaired) electrons. The maximum Gasteiger partial charge on any atom is 0.311 e. The van der Waals surface area contributed by atoms with E-state index in [0.717, 1.165) is 19.5 Å². The van der Waals surface area contributed by atoms with E-state index in [1.807, 2.05) is 6.92 Å². The first-order valence-electron chi connectivity index (χ1n) is 9.04. The Morgan fingerprint density at radius 2 is 1.88 bits per heavy atom. The van der Waals surface area contributed by atoms with Gasteiger partial charge in [0.15, 0.2) is 5.78 Å². The summed E-state index contributed by atoms with van der Waals surface area (Å²) < 4.78 is 11.0. The Kier molecular flexibility index (Phi) is 7.15. The number of benzene rings is 1. The predicted molar refractivity (Wildman–Crippen MR) is 99.8 cm³/mol. The number of nitro groups is 1. The SMILES string of the molecule is CCCN1CCC(=O)/C(=C/c2cc([N+](=O)[O-])c(OCC)cc2OCC)C1. The number of carbonyl (C=O) groups excluding carboxylic acids is 1. The Hall–Kier alpha value is -2.41. The van der Waals surface area contributed by atoms with Gasteiger partial charge in [-0.2, -0.15) is 0 Å². The van der Waals surface area contributed by atoms with E-state index < -0.39 is 4.92 Å². The summed E-state index contributed by atoms with van der Waals surface area (Å²) in [6.07, 6.45) is 3.20. The van der Waals surface area contributed by atoms with Crippen molar-refractivity contribution in [3.63, 3.8) is 0 Å². The summed E-state index contributed by atoms with van der Waals surface area (Å²) in [5.41, 5.74) is 1.06. The van der Waals surface area contributed by atoms with E-state index in [9.17, 15) is 14.9 Å². The second-order valence-electron chi connectivity index (χ2n) is 6.10. The molecule has 1 saturated heterocycles. The van der Waals surface area contributed by atoms with Crippen LogP contribution in [-0.4, -0.2) is 48.5 Å². The number of ether oxygens (including phenoxy) is 2. The van der Waals surface area contributed by atoms with E-state index >= 15 is 0 Å². The number of ketones is 1. The first-order valence-corrected chi connectivity index (χ1v) is 9.04. The maximum atomic E-state index is 12.3. The van der Waals surface area contributed by atoms with Crippen molar-refractivity contribution >= 4 is 17.5 Å². The normalized spacial score (nSPS) is 16.7. The van der Waals surface area contributed by atoms with E-state index in [-0.39, 0.29) is 17.2 Å². The first kappa shape index (κ1) is 19.9. The highest BCUT2D eigenvalue weighted by molar-refractivity contribution is 6.01. The van der Waals surface area contributed by atoms with Crippen LogP contribution < -0.4 is 9.47 Å². The Morgan fingerprint density at radius 3 is 2.50 bits per heavy atom. The van der Waals surface area contributed by atoms with Gasteiger partial charge in [0.2, 0.25) is 5.75 Å². The van der Waals surface area contributed by atoms with Gasteiger partial charge in [-0.1, -0.05) is 6.92 Å². The number of rotatable bonds is 8. The fourth-order valence-corrected chi connectivity index (χ4v) is 3.02. The van der Waals surface area contributed by atoms with Gasteiger partial charge in [-0.3, -0.25) is 19.8 Å². The van der Waals surface area contributed by atoms with Gasteiger partial charge >= 0.3 is 5.69 Å². The summed E-state index contributed by atoms with van der Waals surface area (Å²) in [5, 5.41) is 11.4. The van der Waals surface area contributed by atoms with E-state index in [0.29, 0.717) is 43.1 Å². The van der Waals surface area contributed by atoms with Crippen LogP contribution in [0.1, 0.15) is 39.2 Å². The lowest BCUT2D eigenvalue weighted by Gasteiger charge is -2.27. The van der Waals surface area contributed by atoms with Gasteiger partial charge in [-0.05, 0) is 32.9 Å². The smallest absolute Gasteiger partial charge is 0.311 e. The van der Waals surface area contributed by atoms with Crippen molar-refractivity contribution < 1.29 is 19.2 Å². The molecule has 2 rings (SSSR count). The van der Waals surface area contributed by atoms with Crippen molar-refractivity contribution in [3.8, 4) is 11.5 Å². The van der Waals surface area contributed by atoms with Gasteiger partial charge in [0.05, 0.1) is 18.1 Å². The molecule has 0 atom stereocenters. The highest BCUT2D eigenvalue weighted by Crippen LogP contribution is 2.36. The van der Waals surface area contributed by atoms with Gasteiger partial charge in [-0.25, -0.2) is 0 Å². The van der Waals surface area contributed by atoms with Crippen LogP contribution in [0.25, 0.3) is 6.08 Å². The first-order chi connectivity index (χ1) is 12.5. The molecule has 0 bridgehead atoms. The molecule has 1 fully saturated rings. The van der Waals surface area contributed by atoms with Gasteiger partial charge < -0.3 is 9.47 Å². The lowest BCUT2D eigenvalue weighted by molar-refractivity contribution is -0.385. The van der Waals surface area contributed by atoms with Crippen LogP contribution in [-0.2, 0) is 4.79 Å². The summed E-state index contributed by atoms with van der Waals surface area (Å²) in [4.78, 5) is 25.5. The molecule has 1 aromatic rings. The van der Waals surface area contributed by atoms with Crippen LogP contribution >= 0.6 is 0 Å². The zero-order chi connectivity index (χ0) is 19.1. The number of carbonyl (C=O) groups is 1. The molecule has 142 valence electrons. The number of hydrogen-bond acceptors (Lipinski definition) is 6. The third-order valence-electron chi connectivity index (χ3n) is 4.16. The summed E-state index contributed by atoms with van der Waals surface area (Å²) in [5.74, 6) is 0.733. The van der Waals surface area contributed by atoms with Gasteiger partial charge in [-0.15, -0.1) is 0 Å². The third kappa shape index (κ3) is 4.82. The van der Waals surface area contributed by atoms with Crippen LogP contribution in [0.2, 0.25) is 0 Å². The largest absolute Gasteiger partial charge is 0.493 e. The predicted octanol–water partition coefficient (Wildman–Crippen LogP) is 3.46. The summed E-state index contributed by atoms with van der Waals surface area (Å²) in [7, 11) is 0. The fourth-order valence-electron chi connectivity index (χ4n) is 3.02. The molecule has 0 unspecified atom stereocenters. The second-order valence-corrected chi connectivity index (χ2v) is 6.10. The third-order valence-corrected chi connectivity index (χ3v) is 4.16. The monoisotopic (exact) mass is 362 g/mol. The van der Waals surface area contributed by atoms with Crippen molar-refractivity contribution in [1.29, 1.82) is 0 Å². The van der Waals surface area contributed by atoms with Crippen molar-refractivity contribution in [1.82, 2.24) is 4.90 Å². The number of Topliss-reactive ketones (excluding diaryl/α,β-unsaturated/α-hetero) is 1. The van der Waals surface area contributed by atoms with Crippen molar-refractivity contribution in [3.05, 3.63) is 33.4 Å². The molecular weight excluding hydrogens is 336 g/mol. The van der Waals surface area contributed by atoms with E-state index in [4.69, 9.17) is 9.47 Å². The van der Waals surface area contributed by atoms with Crippen LogP contribution in [0.5, 0.6) is 11.5 Å². The fraction of sp³-hybridized carbons (Fsp3) is 0.526. The molecule has 1 aromatic carbocycles. The minimum absolute atomic E-state index is 0.0799. The molecular formula is C19H26N2O5. The van der Waals surface area contributed by atoms with Gasteiger partial charge in [0.1, 0.15) is 5.75 Å². The standard InChI is InChI=1S/C19H26N2O5/c1-4-8-20-9-7-17(22)15(13-20)10-14-11-16(21(23)24)19(26-6-3)12-18(14)25-5-2/h10-12H,4-9,13H2,1-3H3/b15-10+. The van der Waals surface area contributed by atoms with Gasteiger partial charge in [0.25, 0.3) is 0 Å². The Balaban J connectivity index is 2.46. The number of nitro benzene ring substituents is 1. The Morgan fingerprint density at radius 1 is 1.19 bits per heavy atom. The van der Waals surface area contributed by atoms with Gasteiger partial charge in [0, 0.05) is 42.8 Å². The maximum absolute atomic E-state index is 12.3. The zero-order valence-corrected chi connectivity index (χ0v) is 15.6. The molecule has 26 heavy (non-hydrogen) atoms. The molecule has 1 aliphatic heterocycles. The number of likely N-dealkylation sites (tertiary alicyclic amines) is 1. The van der Waals surface area contributed by atoms with Crippen LogP contribution in [0, 0.1) is 10.1 Å². The minimum Gasteiger partial charge on any atom is -0.493 e. The molecule has 0 N–H and O–H groups in total. The molecule has 1 heterocycles. The Bertz CT molecular complexity index is 699. The number of hydrogen-bond donors (Lipinski definition) is 0. The number of piperidine rings is 1. The second kappa shape index (κ2) is 9.33. The topological polar surface area (TPSA) is 81.9 Å². The van der Waals surface area contributed by atoms with E-state index in [1.165, 1.54) is 12.1 Å². The van der Waals surface area contributed by atoms with Crippen molar-refractivity contribution in [2.24, 2.45) is 0 Å². The van der Waals surface area contributed by atoms with Crippen molar-refractivity contribution in [2.45, 2.75) is 33.6 Å². The molecule has 0 aromatic heterocycles.